The molecule has 0 spiro atoms. The number of rotatable bonds is 10. The monoisotopic (exact) mass is 508 g/mol. The smallest absolute Gasteiger partial charge is 0.262 e. The summed E-state index contributed by atoms with van der Waals surface area (Å²) in [7, 11) is 1.60. The summed E-state index contributed by atoms with van der Waals surface area (Å²) in [5.74, 6) is 1.90. The Labute approximate surface area is 217 Å². The van der Waals surface area contributed by atoms with Crippen LogP contribution in [0.1, 0.15) is 39.5 Å². The van der Waals surface area contributed by atoms with Gasteiger partial charge in [-0.1, -0.05) is 18.6 Å². The van der Waals surface area contributed by atoms with Crippen LogP contribution in [-0.4, -0.2) is 58.9 Å². The molecule has 1 fully saturated rings. The van der Waals surface area contributed by atoms with E-state index in [1.54, 1.807) is 18.9 Å². The average Bonchev–Trinajstić information content (AvgIpc) is 2.88. The van der Waals surface area contributed by atoms with Crippen LogP contribution in [0.4, 0.5) is 0 Å². The molecule has 4 rings (SSSR count). The van der Waals surface area contributed by atoms with Crippen LogP contribution in [0.25, 0.3) is 22.3 Å². The van der Waals surface area contributed by atoms with Gasteiger partial charge in [0.25, 0.3) is 5.56 Å². The number of carbonyl (C=O) groups excluding carboxylic acids is 1. The van der Waals surface area contributed by atoms with Gasteiger partial charge in [0.15, 0.2) is 0 Å². The van der Waals surface area contributed by atoms with Gasteiger partial charge in [0.05, 0.1) is 18.0 Å². The van der Waals surface area contributed by atoms with Crippen molar-refractivity contribution in [3.8, 4) is 17.1 Å². The Kier molecular flexibility index (Phi) is 9.04. The number of piperidine rings is 1. The number of amides is 1. The highest BCUT2D eigenvalue weighted by molar-refractivity contribution is 7.99. The molecule has 36 heavy (non-hydrogen) atoms. The largest absolute Gasteiger partial charge is 0.497 e. The van der Waals surface area contributed by atoms with Crippen LogP contribution >= 0.6 is 11.8 Å². The fraction of sp³-hybridized carbons (Fsp3) is 0.464. The molecular weight excluding hydrogens is 472 g/mol. The van der Waals surface area contributed by atoms with Gasteiger partial charge in [0, 0.05) is 16.5 Å². The van der Waals surface area contributed by atoms with Gasteiger partial charge >= 0.3 is 0 Å². The molecule has 0 saturated carbocycles. The topological polar surface area (TPSA) is 76.5 Å². The highest BCUT2D eigenvalue weighted by atomic mass is 32.2. The first kappa shape index (κ1) is 26.2. The van der Waals surface area contributed by atoms with Crippen LogP contribution in [0, 0.1) is 0 Å². The normalized spacial score (nSPS) is 14.3. The van der Waals surface area contributed by atoms with Crippen LogP contribution in [0.15, 0.2) is 52.2 Å². The van der Waals surface area contributed by atoms with E-state index in [0.717, 1.165) is 29.2 Å². The van der Waals surface area contributed by atoms with Crippen LogP contribution in [0.3, 0.4) is 0 Å². The summed E-state index contributed by atoms with van der Waals surface area (Å²) in [6.45, 7) is 7.26. The summed E-state index contributed by atoms with van der Waals surface area (Å²) in [6.07, 6.45) is 5.09. The molecule has 0 aliphatic carbocycles. The Balaban J connectivity index is 1.61. The second kappa shape index (κ2) is 12.4. The maximum atomic E-state index is 13.7. The zero-order chi connectivity index (χ0) is 25.5. The molecule has 8 heteroatoms. The second-order valence-electron chi connectivity index (χ2n) is 9.56. The zero-order valence-corrected chi connectivity index (χ0v) is 22.3. The number of ether oxygens (including phenoxy) is 1. The van der Waals surface area contributed by atoms with E-state index in [0.29, 0.717) is 22.5 Å². The number of nitrogens with zero attached hydrogens (tertiary/aromatic N) is 3. The molecule has 1 aliphatic rings. The van der Waals surface area contributed by atoms with Gasteiger partial charge in [-0.2, -0.15) is 0 Å². The first-order valence-corrected chi connectivity index (χ1v) is 13.8. The number of hydrogen-bond acceptors (Lipinski definition) is 6. The van der Waals surface area contributed by atoms with Crippen molar-refractivity contribution in [1.82, 2.24) is 19.8 Å². The highest BCUT2D eigenvalue weighted by Gasteiger charge is 2.17. The van der Waals surface area contributed by atoms with Crippen molar-refractivity contribution in [2.75, 3.05) is 32.5 Å². The van der Waals surface area contributed by atoms with Crippen LogP contribution in [0.5, 0.6) is 5.75 Å². The molecule has 0 unspecified atom stereocenters. The van der Waals surface area contributed by atoms with E-state index in [1.165, 1.54) is 36.9 Å². The van der Waals surface area contributed by atoms with Crippen LogP contribution in [0.2, 0.25) is 0 Å². The molecule has 1 aliphatic heterocycles. The van der Waals surface area contributed by atoms with Crippen molar-refractivity contribution >= 4 is 28.6 Å². The number of nitrogens with one attached hydrogen (secondary N) is 1. The molecule has 1 amide bonds. The van der Waals surface area contributed by atoms with Gasteiger partial charge in [-0.3, -0.25) is 14.2 Å². The predicted molar refractivity (Wildman–Crippen MR) is 147 cm³/mol. The maximum absolute atomic E-state index is 13.7. The number of methoxy groups -OCH3 is 1. The van der Waals surface area contributed by atoms with Gasteiger partial charge in [0.2, 0.25) is 5.91 Å². The van der Waals surface area contributed by atoms with Crippen molar-refractivity contribution < 1.29 is 9.53 Å². The summed E-state index contributed by atoms with van der Waals surface area (Å²) in [5.41, 5.74) is 1.13. The minimum absolute atomic E-state index is 0.0187. The molecule has 0 radical (unpaired) electrons. The number of fused-ring (bicyclic) bond motifs is 1. The Morgan fingerprint density at radius 2 is 1.94 bits per heavy atom. The lowest BCUT2D eigenvalue weighted by molar-refractivity contribution is -0.122. The highest BCUT2D eigenvalue weighted by Crippen LogP contribution is 2.26. The number of carbonyl (C=O) groups is 1. The third-order valence-corrected chi connectivity index (χ3v) is 7.42. The number of thioether (sulfide) groups is 1. The lowest BCUT2D eigenvalue weighted by Crippen LogP contribution is -2.37. The van der Waals surface area contributed by atoms with E-state index in [2.05, 4.69) is 10.2 Å². The molecule has 2 heterocycles. The minimum Gasteiger partial charge on any atom is -0.497 e. The van der Waals surface area contributed by atoms with Crippen molar-refractivity contribution in [1.29, 1.82) is 0 Å². The minimum atomic E-state index is -0.222. The van der Waals surface area contributed by atoms with E-state index >= 15 is 0 Å². The third kappa shape index (κ3) is 6.68. The molecule has 0 atom stereocenters. The van der Waals surface area contributed by atoms with E-state index in [-0.39, 0.29) is 24.1 Å². The Hall–Kier alpha value is -2.84. The summed E-state index contributed by atoms with van der Waals surface area (Å²) >= 11 is 1.77. The Bertz CT molecular complexity index is 1250. The van der Waals surface area contributed by atoms with Gasteiger partial charge < -0.3 is 15.0 Å². The molecule has 1 saturated heterocycles. The standard InChI is InChI=1S/C28H36N4O3S/c1-20(2)29-26(33)19-32-27(21-9-7-10-22(17-21)35-3)30-25-12-11-23(18-24(25)28(32)34)36-16-8-15-31-13-5-4-6-14-31/h7,9-12,17-18,20H,4-6,8,13-16,19H2,1-3H3,(H,29,33). The molecular formula is C28H36N4O3S. The summed E-state index contributed by atoms with van der Waals surface area (Å²) in [6, 6.07) is 13.2. The van der Waals surface area contributed by atoms with Crippen molar-refractivity contribution in [3.63, 3.8) is 0 Å². The average molecular weight is 509 g/mol. The molecule has 2 aromatic carbocycles. The number of hydrogen-bond donors (Lipinski definition) is 1. The third-order valence-electron chi connectivity index (χ3n) is 6.34. The molecule has 3 aromatic rings. The fourth-order valence-electron chi connectivity index (χ4n) is 4.59. The fourth-order valence-corrected chi connectivity index (χ4v) is 5.47. The predicted octanol–water partition coefficient (Wildman–Crippen LogP) is 4.56. The van der Waals surface area contributed by atoms with Gasteiger partial charge in [-0.25, -0.2) is 4.98 Å². The number of likely N-dealkylation sites (tertiary alicyclic amines) is 1. The number of aromatic nitrogens is 2. The summed E-state index contributed by atoms with van der Waals surface area (Å²) in [4.78, 5) is 34.8. The van der Waals surface area contributed by atoms with Crippen molar-refractivity contribution in [2.45, 2.75) is 57.0 Å². The molecule has 1 aromatic heterocycles. The lowest BCUT2D eigenvalue weighted by Gasteiger charge is -2.26. The zero-order valence-electron chi connectivity index (χ0n) is 21.5. The summed E-state index contributed by atoms with van der Waals surface area (Å²) in [5, 5.41) is 3.41. The van der Waals surface area contributed by atoms with Gasteiger partial charge in [0.1, 0.15) is 18.1 Å². The summed E-state index contributed by atoms with van der Waals surface area (Å²) < 4.78 is 6.84. The maximum Gasteiger partial charge on any atom is 0.262 e. The number of benzene rings is 2. The van der Waals surface area contributed by atoms with Gasteiger partial charge in [-0.05, 0) is 88.8 Å². The quantitative estimate of drug-likeness (QED) is 0.320. The SMILES string of the molecule is COc1cccc(-c2nc3ccc(SCCCN4CCCCC4)cc3c(=O)n2CC(=O)NC(C)C)c1. The lowest BCUT2D eigenvalue weighted by atomic mass is 10.1. The Morgan fingerprint density at radius 3 is 2.69 bits per heavy atom. The van der Waals surface area contributed by atoms with E-state index < -0.39 is 0 Å². The molecule has 7 nitrogen and oxygen atoms in total. The molecule has 0 bridgehead atoms. The van der Waals surface area contributed by atoms with E-state index in [4.69, 9.17) is 9.72 Å². The Morgan fingerprint density at radius 1 is 1.14 bits per heavy atom. The molecule has 192 valence electrons. The van der Waals surface area contributed by atoms with Crippen molar-refractivity contribution in [3.05, 3.63) is 52.8 Å². The second-order valence-corrected chi connectivity index (χ2v) is 10.7. The first-order chi connectivity index (χ1) is 17.4. The van der Waals surface area contributed by atoms with E-state index in [1.807, 2.05) is 56.3 Å². The van der Waals surface area contributed by atoms with Gasteiger partial charge in [-0.15, -0.1) is 11.8 Å². The molecule has 1 N–H and O–H groups in total. The van der Waals surface area contributed by atoms with Crippen molar-refractivity contribution in [2.24, 2.45) is 0 Å². The van der Waals surface area contributed by atoms with Crippen LogP contribution < -0.4 is 15.6 Å². The van der Waals surface area contributed by atoms with E-state index in [9.17, 15) is 9.59 Å². The first-order valence-electron chi connectivity index (χ1n) is 12.8. The van der Waals surface area contributed by atoms with Crippen LogP contribution in [-0.2, 0) is 11.3 Å².